The molecule has 0 N–H and O–H groups in total. The Labute approximate surface area is 351 Å². The molecule has 0 atom stereocenters. The number of nitrogens with zero attached hydrogens (tertiary/aromatic N) is 2. The minimum Gasteiger partial charge on any atom is -0.457 e. The van der Waals surface area contributed by atoms with Crippen molar-refractivity contribution in [3.63, 3.8) is 0 Å². The molecule has 3 nitrogen and oxygen atoms in total. The van der Waals surface area contributed by atoms with E-state index in [4.69, 9.17) is 4.42 Å². The number of para-hydroxylation sites is 2. The highest BCUT2D eigenvalue weighted by Crippen LogP contribution is 2.51. The van der Waals surface area contributed by atoms with E-state index in [0.29, 0.717) is 0 Å². The molecule has 60 heavy (non-hydrogen) atoms. The molecule has 4 aliphatic rings. The second kappa shape index (κ2) is 13.4. The lowest BCUT2D eigenvalue weighted by molar-refractivity contribution is 0.671. The molecule has 0 spiro atoms. The highest BCUT2D eigenvalue weighted by molar-refractivity contribution is 7.01. The Morgan fingerprint density at radius 3 is 1.57 bits per heavy atom. The minimum atomic E-state index is -0.0465. The van der Waals surface area contributed by atoms with Crippen molar-refractivity contribution in [2.75, 3.05) is 9.80 Å². The van der Waals surface area contributed by atoms with E-state index in [9.17, 15) is 0 Å². The summed E-state index contributed by atoms with van der Waals surface area (Å²) in [6.07, 6.45) is 9.39. The normalized spacial score (nSPS) is 15.0. The summed E-state index contributed by atoms with van der Waals surface area (Å²) in [4.78, 5) is 5.21. The van der Waals surface area contributed by atoms with E-state index in [2.05, 4.69) is 174 Å². The molecular weight excluding hydrogens is 727 g/mol. The maximum absolute atomic E-state index is 7.08. The van der Waals surface area contributed by atoms with Gasteiger partial charge in [-0.3, -0.25) is 0 Å². The summed E-state index contributed by atoms with van der Waals surface area (Å²) in [6, 6.07) is 61.5. The quantitative estimate of drug-likeness (QED) is 0.166. The maximum atomic E-state index is 7.08. The van der Waals surface area contributed by atoms with Crippen molar-refractivity contribution in [1.82, 2.24) is 0 Å². The number of furan rings is 1. The van der Waals surface area contributed by atoms with E-state index in [1.807, 2.05) is 0 Å². The molecule has 1 aromatic heterocycles. The first kappa shape index (κ1) is 34.1. The van der Waals surface area contributed by atoms with Crippen LogP contribution in [0, 0.1) is 0 Å². The van der Waals surface area contributed by atoms with Gasteiger partial charge in [-0.1, -0.05) is 115 Å². The fourth-order valence-electron chi connectivity index (χ4n) is 11.5. The molecule has 8 aromatic carbocycles. The molecule has 0 amide bonds. The first-order chi connectivity index (χ1) is 29.8. The molecule has 2 aliphatic heterocycles. The number of benzene rings is 8. The van der Waals surface area contributed by atoms with Crippen molar-refractivity contribution in [3.05, 3.63) is 186 Å². The van der Waals surface area contributed by atoms with Gasteiger partial charge in [0.15, 0.2) is 0 Å². The molecular formula is C56H43BN2O. The molecule has 3 heterocycles. The van der Waals surface area contributed by atoms with Gasteiger partial charge in [-0.15, -0.1) is 0 Å². The van der Waals surface area contributed by atoms with Crippen LogP contribution in [0.5, 0.6) is 0 Å². The van der Waals surface area contributed by atoms with Crippen LogP contribution in [0.15, 0.2) is 168 Å². The standard InChI is InChI=1S/C56H43BN2O/c1-3-18-38(19-4-1)52-40-22-9-7-16-36(40)30-33-46(52)58-45-26-13-12-25-44(45)57-54-48(58)27-15-28-49(54)59(50-35-32-43-42-24-11-14-29-51(42)60-56(43)55(50)57)47-34-31-37-17-8-10-23-41(37)53(47)39-20-5-2-6-21-39/h1-6,11-15,18-21,24-35H,7-10,16-17,22-23H2. The van der Waals surface area contributed by atoms with Crippen molar-refractivity contribution >= 4 is 79.2 Å². The van der Waals surface area contributed by atoms with Crippen LogP contribution in [0.2, 0.25) is 0 Å². The van der Waals surface area contributed by atoms with E-state index in [-0.39, 0.29) is 6.71 Å². The van der Waals surface area contributed by atoms with Gasteiger partial charge in [0.2, 0.25) is 0 Å². The fraction of sp³-hybridized carbons (Fsp3) is 0.143. The number of hydrogen-bond acceptors (Lipinski definition) is 3. The summed E-state index contributed by atoms with van der Waals surface area (Å²) in [6.45, 7) is -0.0465. The Bertz CT molecular complexity index is 3170. The fourth-order valence-corrected chi connectivity index (χ4v) is 11.5. The average molecular weight is 771 g/mol. The molecule has 4 heteroatoms. The van der Waals surface area contributed by atoms with Gasteiger partial charge in [-0.25, -0.2) is 0 Å². The Kier molecular flexibility index (Phi) is 7.61. The Morgan fingerprint density at radius 1 is 0.383 bits per heavy atom. The third-order valence-electron chi connectivity index (χ3n) is 14.0. The average Bonchev–Trinajstić information content (AvgIpc) is 3.70. The Morgan fingerprint density at radius 2 is 0.900 bits per heavy atom. The molecule has 0 radical (unpaired) electrons. The lowest BCUT2D eigenvalue weighted by Gasteiger charge is -2.45. The van der Waals surface area contributed by atoms with Gasteiger partial charge in [0.1, 0.15) is 11.2 Å². The first-order valence-electron chi connectivity index (χ1n) is 22.0. The van der Waals surface area contributed by atoms with Crippen molar-refractivity contribution in [2.24, 2.45) is 0 Å². The molecule has 9 aromatic rings. The van der Waals surface area contributed by atoms with Crippen LogP contribution >= 0.6 is 0 Å². The van der Waals surface area contributed by atoms with E-state index in [1.165, 1.54) is 126 Å². The zero-order valence-electron chi connectivity index (χ0n) is 33.6. The second-order valence-electron chi connectivity index (χ2n) is 17.2. The topological polar surface area (TPSA) is 19.6 Å². The SMILES string of the molecule is c1ccc(-c2c(N3c4ccccc4B4c5c3cccc5N(c3ccc5c(c3-c3ccccc3)CCCC5)c3ccc5c(oc6ccccc65)c34)ccc3c2CCCC3)cc1. The summed E-state index contributed by atoms with van der Waals surface area (Å²) in [7, 11) is 0. The largest absolute Gasteiger partial charge is 0.457 e. The van der Waals surface area contributed by atoms with E-state index >= 15 is 0 Å². The van der Waals surface area contributed by atoms with Crippen LogP contribution < -0.4 is 26.2 Å². The number of rotatable bonds is 4. The third kappa shape index (κ3) is 4.91. The van der Waals surface area contributed by atoms with Crippen LogP contribution in [0.3, 0.4) is 0 Å². The monoisotopic (exact) mass is 770 g/mol. The molecule has 0 unspecified atom stereocenters. The Hall–Kier alpha value is -6.78. The van der Waals surface area contributed by atoms with Gasteiger partial charge in [0.25, 0.3) is 6.71 Å². The maximum Gasteiger partial charge on any atom is 0.257 e. The van der Waals surface area contributed by atoms with Crippen LogP contribution in [0.4, 0.5) is 34.1 Å². The van der Waals surface area contributed by atoms with Crippen LogP contribution in [0.1, 0.15) is 47.9 Å². The van der Waals surface area contributed by atoms with Gasteiger partial charge in [-0.2, -0.15) is 0 Å². The first-order valence-corrected chi connectivity index (χ1v) is 22.0. The predicted molar refractivity (Wildman–Crippen MR) is 252 cm³/mol. The van der Waals surface area contributed by atoms with E-state index in [1.54, 1.807) is 0 Å². The van der Waals surface area contributed by atoms with Crippen molar-refractivity contribution in [1.29, 1.82) is 0 Å². The van der Waals surface area contributed by atoms with Crippen LogP contribution in [-0.4, -0.2) is 6.71 Å². The number of fused-ring (bicyclic) bond motifs is 10. The smallest absolute Gasteiger partial charge is 0.257 e. The summed E-state index contributed by atoms with van der Waals surface area (Å²) >= 11 is 0. The molecule has 286 valence electrons. The predicted octanol–water partition coefficient (Wildman–Crippen LogP) is 12.8. The zero-order chi connectivity index (χ0) is 39.3. The number of hydrogen-bond donors (Lipinski definition) is 0. The summed E-state index contributed by atoms with van der Waals surface area (Å²) in [5.74, 6) is 0. The van der Waals surface area contributed by atoms with Crippen molar-refractivity contribution < 1.29 is 4.42 Å². The molecule has 0 fully saturated rings. The zero-order valence-corrected chi connectivity index (χ0v) is 33.6. The third-order valence-corrected chi connectivity index (χ3v) is 14.0. The summed E-state index contributed by atoms with van der Waals surface area (Å²) in [5, 5.41) is 2.33. The minimum absolute atomic E-state index is 0.0465. The molecule has 0 bridgehead atoms. The van der Waals surface area contributed by atoms with Gasteiger partial charge in [0, 0.05) is 44.6 Å². The van der Waals surface area contributed by atoms with Crippen molar-refractivity contribution in [3.8, 4) is 22.3 Å². The van der Waals surface area contributed by atoms with E-state index in [0.717, 1.165) is 42.2 Å². The number of anilines is 6. The van der Waals surface area contributed by atoms with Crippen molar-refractivity contribution in [2.45, 2.75) is 51.4 Å². The summed E-state index contributed by atoms with van der Waals surface area (Å²) in [5.41, 5.74) is 24.4. The molecule has 0 saturated carbocycles. The second-order valence-corrected chi connectivity index (χ2v) is 17.2. The van der Waals surface area contributed by atoms with E-state index < -0.39 is 0 Å². The number of aryl methyl sites for hydroxylation is 2. The lowest BCUT2D eigenvalue weighted by Crippen LogP contribution is -2.61. The van der Waals surface area contributed by atoms with Crippen LogP contribution in [0.25, 0.3) is 44.2 Å². The molecule has 2 aliphatic carbocycles. The molecule has 13 rings (SSSR count). The highest BCUT2D eigenvalue weighted by Gasteiger charge is 2.46. The van der Waals surface area contributed by atoms with Gasteiger partial charge in [0.05, 0.1) is 11.4 Å². The summed E-state index contributed by atoms with van der Waals surface area (Å²) < 4.78 is 7.08. The Balaban J connectivity index is 1.15. The van der Waals surface area contributed by atoms with Gasteiger partial charge in [-0.05, 0) is 150 Å². The van der Waals surface area contributed by atoms with Gasteiger partial charge < -0.3 is 14.2 Å². The lowest BCUT2D eigenvalue weighted by atomic mass is 9.33. The molecule has 0 saturated heterocycles. The van der Waals surface area contributed by atoms with Crippen LogP contribution in [-0.2, 0) is 25.7 Å². The van der Waals surface area contributed by atoms with Gasteiger partial charge >= 0.3 is 0 Å². The highest BCUT2D eigenvalue weighted by atomic mass is 16.3.